The first-order chi connectivity index (χ1) is 17.4. The third kappa shape index (κ3) is 4.36. The van der Waals surface area contributed by atoms with Gasteiger partial charge in [0.25, 0.3) is 0 Å². The molecule has 0 bridgehead atoms. The molecule has 6 aromatic rings. The zero-order chi connectivity index (χ0) is 25.4. The van der Waals surface area contributed by atoms with E-state index in [0.717, 1.165) is 51.5 Å². The van der Waals surface area contributed by atoms with Gasteiger partial charge in [-0.25, -0.2) is 0 Å². The van der Waals surface area contributed by atoms with Crippen molar-refractivity contribution in [1.82, 2.24) is 0 Å². The predicted molar refractivity (Wildman–Crippen MR) is 159 cm³/mol. The van der Waals surface area contributed by atoms with Crippen molar-refractivity contribution in [2.45, 2.75) is 39.5 Å². The van der Waals surface area contributed by atoms with E-state index in [1.165, 1.54) is 0 Å². The van der Waals surface area contributed by atoms with Crippen molar-refractivity contribution < 1.29 is 0 Å². The highest BCUT2D eigenvalue weighted by Gasteiger charge is 2.12. The van der Waals surface area contributed by atoms with Crippen LogP contribution in [-0.2, 0) is 0 Å². The molecule has 0 spiro atoms. The molecule has 6 rings (SSSR count). The normalized spacial score (nSPS) is 11.5. The molecule has 180 valence electrons. The molecule has 0 aliphatic carbocycles. The molecular formula is C32H28O2S2. The fourth-order valence-corrected chi connectivity index (χ4v) is 6.93. The van der Waals surface area contributed by atoms with E-state index in [2.05, 4.69) is 39.8 Å². The van der Waals surface area contributed by atoms with Gasteiger partial charge in [0.1, 0.15) is 0 Å². The minimum Gasteiger partial charge on any atom is -0.288 e. The van der Waals surface area contributed by atoms with E-state index >= 15 is 0 Å². The summed E-state index contributed by atoms with van der Waals surface area (Å²) in [5, 5.41) is 3.47. The lowest BCUT2D eigenvalue weighted by atomic mass is 9.98. The van der Waals surface area contributed by atoms with Gasteiger partial charge in [-0.05, 0) is 59.4 Å². The lowest BCUT2D eigenvalue weighted by Gasteiger charge is -2.09. The minimum absolute atomic E-state index is 0.170. The maximum Gasteiger partial charge on any atom is 0.196 e. The van der Waals surface area contributed by atoms with Crippen molar-refractivity contribution in [1.29, 1.82) is 0 Å². The molecule has 0 atom stereocenters. The maximum absolute atomic E-state index is 12.6. The number of benzene rings is 4. The molecule has 36 heavy (non-hydrogen) atoms. The quantitative estimate of drug-likeness (QED) is 0.219. The Balaban J connectivity index is 0.000000148. The average Bonchev–Trinajstić information content (AvgIpc) is 2.88. The number of rotatable bonds is 2. The van der Waals surface area contributed by atoms with E-state index in [-0.39, 0.29) is 10.9 Å². The summed E-state index contributed by atoms with van der Waals surface area (Å²) < 4.78 is 4.31. The molecule has 0 saturated carbocycles. The summed E-state index contributed by atoms with van der Waals surface area (Å²) in [7, 11) is 0. The van der Waals surface area contributed by atoms with Crippen molar-refractivity contribution in [3.63, 3.8) is 0 Å². The number of hydrogen-bond acceptors (Lipinski definition) is 4. The molecule has 4 aromatic carbocycles. The molecule has 0 amide bonds. The molecule has 0 unspecified atom stereocenters. The Hall–Kier alpha value is -3.34. The van der Waals surface area contributed by atoms with Crippen LogP contribution in [0, 0.1) is 0 Å². The Morgan fingerprint density at radius 1 is 0.472 bits per heavy atom. The van der Waals surface area contributed by atoms with Crippen LogP contribution in [0.3, 0.4) is 0 Å². The molecule has 2 aromatic heterocycles. The van der Waals surface area contributed by atoms with Crippen LogP contribution >= 0.6 is 22.7 Å². The van der Waals surface area contributed by atoms with Gasteiger partial charge in [-0.1, -0.05) is 76.2 Å². The highest BCUT2D eigenvalue weighted by atomic mass is 32.1. The SMILES string of the molecule is CC(C)c1cccc2sc3ccccc3c(=O)c12.CC(C)c1cccc2sc3ccccc3c(=O)c12. The largest absolute Gasteiger partial charge is 0.288 e. The van der Waals surface area contributed by atoms with Gasteiger partial charge >= 0.3 is 0 Å². The van der Waals surface area contributed by atoms with Crippen LogP contribution in [0.5, 0.6) is 0 Å². The second-order valence-corrected chi connectivity index (χ2v) is 11.8. The van der Waals surface area contributed by atoms with Crippen molar-refractivity contribution in [2.75, 3.05) is 0 Å². The van der Waals surface area contributed by atoms with Gasteiger partial charge in [0.15, 0.2) is 10.9 Å². The first kappa shape index (κ1) is 24.4. The van der Waals surface area contributed by atoms with E-state index in [4.69, 9.17) is 0 Å². The number of fused-ring (bicyclic) bond motifs is 4. The third-order valence-electron chi connectivity index (χ3n) is 6.52. The van der Waals surface area contributed by atoms with Crippen LogP contribution in [0.1, 0.15) is 50.7 Å². The Morgan fingerprint density at radius 3 is 1.22 bits per heavy atom. The summed E-state index contributed by atoms with van der Waals surface area (Å²) >= 11 is 3.39. The number of hydrogen-bond donors (Lipinski definition) is 0. The summed E-state index contributed by atoms with van der Waals surface area (Å²) in [4.78, 5) is 25.2. The van der Waals surface area contributed by atoms with E-state index in [1.54, 1.807) is 22.7 Å². The van der Waals surface area contributed by atoms with Gasteiger partial charge in [0, 0.05) is 40.3 Å². The van der Waals surface area contributed by atoms with Gasteiger partial charge in [0.2, 0.25) is 0 Å². The Morgan fingerprint density at radius 2 is 0.833 bits per heavy atom. The predicted octanol–water partition coefficient (Wildman–Crippen LogP) is 9.08. The summed E-state index contributed by atoms with van der Waals surface area (Å²) in [5.74, 6) is 0.740. The lowest BCUT2D eigenvalue weighted by Crippen LogP contribution is -2.05. The Bertz CT molecular complexity index is 1700. The summed E-state index contributed by atoms with van der Waals surface area (Å²) in [5.41, 5.74) is 2.64. The highest BCUT2D eigenvalue weighted by Crippen LogP contribution is 2.30. The Kier molecular flexibility index (Phi) is 6.74. The standard InChI is InChI=1S/2C16H14OS/c2*1-10(2)11-7-5-9-14-15(11)16(17)12-6-3-4-8-13(12)18-14/h2*3-10H,1-2H3. The average molecular weight is 509 g/mol. The summed E-state index contributed by atoms with van der Waals surface area (Å²) in [6.45, 7) is 8.53. The smallest absolute Gasteiger partial charge is 0.196 e. The maximum atomic E-state index is 12.6. The van der Waals surface area contributed by atoms with Crippen LogP contribution in [0.25, 0.3) is 40.3 Å². The van der Waals surface area contributed by atoms with Crippen LogP contribution in [-0.4, -0.2) is 0 Å². The molecule has 0 fully saturated rings. The zero-order valence-electron chi connectivity index (χ0n) is 20.9. The monoisotopic (exact) mass is 508 g/mol. The zero-order valence-corrected chi connectivity index (χ0v) is 22.5. The summed E-state index contributed by atoms with van der Waals surface area (Å²) in [6, 6.07) is 28.0. The van der Waals surface area contributed by atoms with Gasteiger partial charge in [-0.15, -0.1) is 22.7 Å². The first-order valence-electron chi connectivity index (χ1n) is 12.3. The van der Waals surface area contributed by atoms with Gasteiger partial charge < -0.3 is 0 Å². The fourth-order valence-electron chi connectivity index (χ4n) is 4.71. The highest BCUT2D eigenvalue weighted by molar-refractivity contribution is 7.25. The molecule has 2 nitrogen and oxygen atoms in total. The van der Waals surface area contributed by atoms with E-state index in [9.17, 15) is 9.59 Å². The minimum atomic E-state index is 0.170. The van der Waals surface area contributed by atoms with Crippen molar-refractivity contribution in [3.8, 4) is 0 Å². The third-order valence-corrected chi connectivity index (χ3v) is 8.79. The van der Waals surface area contributed by atoms with Gasteiger partial charge in [0.05, 0.1) is 0 Å². The fraction of sp³-hybridized carbons (Fsp3) is 0.188. The lowest BCUT2D eigenvalue weighted by molar-refractivity contribution is 0.876. The topological polar surface area (TPSA) is 34.1 Å². The van der Waals surface area contributed by atoms with Crippen molar-refractivity contribution >= 4 is 63.0 Å². The molecule has 0 aliphatic heterocycles. The molecular weight excluding hydrogens is 480 g/mol. The molecule has 0 N–H and O–H groups in total. The summed E-state index contributed by atoms with van der Waals surface area (Å²) in [6.07, 6.45) is 0. The van der Waals surface area contributed by atoms with E-state index in [1.807, 2.05) is 72.8 Å². The van der Waals surface area contributed by atoms with E-state index < -0.39 is 0 Å². The molecule has 0 radical (unpaired) electrons. The molecule has 0 aliphatic rings. The van der Waals surface area contributed by atoms with Crippen LogP contribution in [0.2, 0.25) is 0 Å². The van der Waals surface area contributed by atoms with Crippen LogP contribution < -0.4 is 10.9 Å². The second kappa shape index (κ2) is 9.96. The Labute approximate surface area is 218 Å². The molecule has 2 heterocycles. The van der Waals surface area contributed by atoms with Gasteiger partial charge in [-0.2, -0.15) is 0 Å². The first-order valence-corrected chi connectivity index (χ1v) is 13.9. The van der Waals surface area contributed by atoms with Crippen molar-refractivity contribution in [3.05, 3.63) is 117 Å². The molecule has 4 heteroatoms. The molecule has 0 saturated heterocycles. The van der Waals surface area contributed by atoms with Crippen LogP contribution in [0.4, 0.5) is 0 Å². The van der Waals surface area contributed by atoms with Gasteiger partial charge in [-0.3, -0.25) is 9.59 Å². The van der Waals surface area contributed by atoms with E-state index in [0.29, 0.717) is 11.8 Å². The second-order valence-electron chi connectivity index (χ2n) is 9.60. The van der Waals surface area contributed by atoms with Crippen LogP contribution in [0.15, 0.2) is 94.5 Å². The van der Waals surface area contributed by atoms with Crippen molar-refractivity contribution in [2.24, 2.45) is 0 Å².